The molecule has 0 atom stereocenters. The van der Waals surface area contributed by atoms with Crippen LogP contribution in [0.5, 0.6) is 5.75 Å². The Balaban J connectivity index is 1.80. The SMILES string of the molecule is CCN1CCN(c2nc3c(cc2Cl)c(=O)c(OC(=O)O)cn3C2CC2)CC1. The van der Waals surface area contributed by atoms with Gasteiger partial charge in [-0.25, -0.2) is 9.78 Å². The highest BCUT2D eigenvalue weighted by Gasteiger charge is 2.28. The number of piperazine rings is 1. The molecule has 27 heavy (non-hydrogen) atoms. The first-order valence-corrected chi connectivity index (χ1v) is 9.49. The van der Waals surface area contributed by atoms with Crippen LogP contribution >= 0.6 is 11.6 Å². The number of hydrogen-bond donors (Lipinski definition) is 1. The maximum atomic E-state index is 12.7. The summed E-state index contributed by atoms with van der Waals surface area (Å²) in [7, 11) is 0. The van der Waals surface area contributed by atoms with Crippen molar-refractivity contribution in [2.75, 3.05) is 37.6 Å². The van der Waals surface area contributed by atoms with Crippen molar-refractivity contribution in [1.82, 2.24) is 14.5 Å². The number of nitrogens with zero attached hydrogens (tertiary/aromatic N) is 4. The Kier molecular flexibility index (Phi) is 4.69. The van der Waals surface area contributed by atoms with Crippen molar-refractivity contribution in [3.05, 3.63) is 27.5 Å². The van der Waals surface area contributed by atoms with E-state index in [0.29, 0.717) is 16.5 Å². The van der Waals surface area contributed by atoms with E-state index in [0.717, 1.165) is 45.6 Å². The van der Waals surface area contributed by atoms with Crippen LogP contribution in [0.1, 0.15) is 25.8 Å². The minimum atomic E-state index is -1.52. The Bertz CT molecular complexity index is 949. The zero-order chi connectivity index (χ0) is 19.1. The van der Waals surface area contributed by atoms with Gasteiger partial charge in [0.1, 0.15) is 11.5 Å². The molecule has 2 fully saturated rings. The number of halogens is 1. The number of fused-ring (bicyclic) bond motifs is 1. The van der Waals surface area contributed by atoms with Crippen LogP contribution in [0.3, 0.4) is 0 Å². The first-order valence-electron chi connectivity index (χ1n) is 9.11. The topological polar surface area (TPSA) is 87.9 Å². The van der Waals surface area contributed by atoms with Crippen molar-refractivity contribution in [2.45, 2.75) is 25.8 Å². The van der Waals surface area contributed by atoms with E-state index >= 15 is 0 Å². The Hall–Kier alpha value is -2.32. The van der Waals surface area contributed by atoms with E-state index < -0.39 is 11.6 Å². The van der Waals surface area contributed by atoms with Crippen LogP contribution in [0, 0.1) is 0 Å². The third-order valence-electron chi connectivity index (χ3n) is 5.16. The fourth-order valence-corrected chi connectivity index (χ4v) is 3.78. The van der Waals surface area contributed by atoms with Crippen molar-refractivity contribution in [1.29, 1.82) is 0 Å². The van der Waals surface area contributed by atoms with Gasteiger partial charge in [0.15, 0.2) is 5.75 Å². The number of anilines is 1. The van der Waals surface area contributed by atoms with E-state index in [9.17, 15) is 9.59 Å². The van der Waals surface area contributed by atoms with Crippen molar-refractivity contribution >= 4 is 34.6 Å². The second-order valence-corrected chi connectivity index (χ2v) is 7.32. The van der Waals surface area contributed by atoms with E-state index in [1.165, 1.54) is 6.20 Å². The molecule has 0 aromatic carbocycles. The molecule has 2 aromatic heterocycles. The molecule has 1 aliphatic carbocycles. The third kappa shape index (κ3) is 3.46. The number of hydrogen-bond acceptors (Lipinski definition) is 6. The molecular weight excluding hydrogens is 372 g/mol. The summed E-state index contributed by atoms with van der Waals surface area (Å²) in [6, 6.07) is 1.78. The molecule has 1 saturated heterocycles. The highest BCUT2D eigenvalue weighted by molar-refractivity contribution is 6.33. The van der Waals surface area contributed by atoms with Gasteiger partial charge in [-0.15, -0.1) is 0 Å². The molecule has 1 aliphatic heterocycles. The summed E-state index contributed by atoms with van der Waals surface area (Å²) in [6.07, 6.45) is 1.85. The molecule has 0 radical (unpaired) electrons. The fraction of sp³-hybridized carbons (Fsp3) is 0.500. The maximum Gasteiger partial charge on any atom is 0.511 e. The molecule has 1 N–H and O–H groups in total. The normalized spacial score (nSPS) is 18.1. The monoisotopic (exact) mass is 392 g/mol. The van der Waals surface area contributed by atoms with Crippen LogP contribution in [0.2, 0.25) is 5.02 Å². The molecular formula is C18H21ClN4O4. The Morgan fingerprint density at radius 2 is 2.04 bits per heavy atom. The number of carboxylic acid groups (broad SMARTS) is 1. The first-order chi connectivity index (χ1) is 13.0. The average Bonchev–Trinajstić information content (AvgIpc) is 3.49. The van der Waals surface area contributed by atoms with Crippen molar-refractivity contribution in [2.24, 2.45) is 0 Å². The zero-order valence-corrected chi connectivity index (χ0v) is 15.8. The van der Waals surface area contributed by atoms with E-state index in [-0.39, 0.29) is 17.2 Å². The molecule has 2 aromatic rings. The highest BCUT2D eigenvalue weighted by Crippen LogP contribution is 2.38. The number of ether oxygens (including phenoxy) is 1. The van der Waals surface area contributed by atoms with Crippen LogP contribution in [-0.2, 0) is 0 Å². The summed E-state index contributed by atoms with van der Waals surface area (Å²) in [5.41, 5.74) is 0.0126. The predicted octanol–water partition coefficient (Wildman–Crippen LogP) is 2.58. The van der Waals surface area contributed by atoms with E-state index in [2.05, 4.69) is 21.5 Å². The largest absolute Gasteiger partial charge is 0.511 e. The lowest BCUT2D eigenvalue weighted by molar-refractivity contribution is 0.143. The molecule has 0 amide bonds. The van der Waals surface area contributed by atoms with Crippen LogP contribution in [0.25, 0.3) is 11.0 Å². The van der Waals surface area contributed by atoms with Gasteiger partial charge in [-0.2, -0.15) is 0 Å². The Morgan fingerprint density at radius 1 is 1.33 bits per heavy atom. The fourth-order valence-electron chi connectivity index (χ4n) is 3.51. The lowest BCUT2D eigenvalue weighted by Crippen LogP contribution is -2.46. The molecule has 9 heteroatoms. The number of likely N-dealkylation sites (N-methyl/N-ethyl adjacent to an activating group) is 1. The third-order valence-corrected chi connectivity index (χ3v) is 5.44. The number of rotatable bonds is 4. The molecule has 0 spiro atoms. The van der Waals surface area contributed by atoms with E-state index in [1.54, 1.807) is 6.07 Å². The lowest BCUT2D eigenvalue weighted by Gasteiger charge is -2.35. The summed E-state index contributed by atoms with van der Waals surface area (Å²) in [5.74, 6) is 0.449. The first kappa shape index (κ1) is 18.1. The number of carbonyl (C=O) groups is 1. The Labute approximate surface area is 160 Å². The van der Waals surface area contributed by atoms with Crippen LogP contribution in [0.15, 0.2) is 17.1 Å². The smallest absolute Gasteiger partial charge is 0.449 e. The van der Waals surface area contributed by atoms with Crippen molar-refractivity contribution < 1.29 is 14.6 Å². The maximum absolute atomic E-state index is 12.7. The standard InChI is InChI=1S/C18H21ClN4O4/c1-2-21-5-7-22(8-6-21)17-13(19)9-12-15(24)14(27-18(25)26)10-23(11-3-4-11)16(12)20-17/h9-11H,2-8H2,1H3,(H,25,26). The number of aromatic nitrogens is 2. The summed E-state index contributed by atoms with van der Waals surface area (Å²) in [4.78, 5) is 32.8. The lowest BCUT2D eigenvalue weighted by atomic mass is 10.2. The van der Waals surface area contributed by atoms with Crippen LogP contribution in [0.4, 0.5) is 10.6 Å². The van der Waals surface area contributed by atoms with E-state index in [4.69, 9.17) is 21.7 Å². The van der Waals surface area contributed by atoms with E-state index in [1.807, 2.05) is 4.57 Å². The molecule has 144 valence electrons. The molecule has 2 aliphatic rings. The van der Waals surface area contributed by atoms with Gasteiger partial charge in [-0.05, 0) is 25.5 Å². The number of pyridine rings is 2. The van der Waals surface area contributed by atoms with Gasteiger partial charge in [-0.3, -0.25) is 4.79 Å². The van der Waals surface area contributed by atoms with Crippen LogP contribution in [-0.4, -0.2) is 58.4 Å². The van der Waals surface area contributed by atoms with Gasteiger partial charge in [0.05, 0.1) is 16.6 Å². The molecule has 4 rings (SSSR count). The van der Waals surface area contributed by atoms with Gasteiger partial charge in [0.2, 0.25) is 5.43 Å². The average molecular weight is 393 g/mol. The minimum Gasteiger partial charge on any atom is -0.449 e. The van der Waals surface area contributed by atoms with Gasteiger partial charge in [0, 0.05) is 32.2 Å². The summed E-state index contributed by atoms with van der Waals surface area (Å²) >= 11 is 6.46. The van der Waals surface area contributed by atoms with Crippen molar-refractivity contribution in [3.63, 3.8) is 0 Å². The van der Waals surface area contributed by atoms with Gasteiger partial charge in [-0.1, -0.05) is 18.5 Å². The van der Waals surface area contributed by atoms with Gasteiger partial charge in [0.25, 0.3) is 0 Å². The van der Waals surface area contributed by atoms with Crippen LogP contribution < -0.4 is 15.1 Å². The molecule has 1 saturated carbocycles. The second-order valence-electron chi connectivity index (χ2n) is 6.92. The van der Waals surface area contributed by atoms with Gasteiger partial charge < -0.3 is 24.2 Å². The molecule has 8 nitrogen and oxygen atoms in total. The predicted molar refractivity (Wildman–Crippen MR) is 102 cm³/mol. The molecule has 3 heterocycles. The second kappa shape index (κ2) is 7.01. The summed E-state index contributed by atoms with van der Waals surface area (Å²) in [5, 5.41) is 9.56. The summed E-state index contributed by atoms with van der Waals surface area (Å²) < 4.78 is 6.52. The molecule has 0 bridgehead atoms. The zero-order valence-electron chi connectivity index (χ0n) is 15.0. The van der Waals surface area contributed by atoms with Gasteiger partial charge >= 0.3 is 6.16 Å². The van der Waals surface area contributed by atoms with Crippen molar-refractivity contribution in [3.8, 4) is 5.75 Å². The quantitative estimate of drug-likeness (QED) is 0.800. The minimum absolute atomic E-state index is 0.197. The summed E-state index contributed by atoms with van der Waals surface area (Å²) in [6.45, 7) is 6.67. The Morgan fingerprint density at radius 3 is 2.63 bits per heavy atom. The highest BCUT2D eigenvalue weighted by atomic mass is 35.5. The molecule has 0 unspecified atom stereocenters.